The van der Waals surface area contributed by atoms with Gasteiger partial charge in [-0.15, -0.1) is 0 Å². The lowest BCUT2D eigenvalue weighted by molar-refractivity contribution is -0.132. The van der Waals surface area contributed by atoms with E-state index in [0.29, 0.717) is 23.2 Å². The van der Waals surface area contributed by atoms with Gasteiger partial charge in [0, 0.05) is 24.4 Å². The first kappa shape index (κ1) is 34.8. The van der Waals surface area contributed by atoms with Crippen LogP contribution in [0.4, 0.5) is 5.69 Å². The number of hydrogen-bond donors (Lipinski definition) is 2. The van der Waals surface area contributed by atoms with Gasteiger partial charge in [0.2, 0.25) is 12.3 Å². The molecule has 0 bridgehead atoms. The minimum absolute atomic E-state index is 0.0739. The number of nitrogens with one attached hydrogen (secondary N) is 2. The molecule has 2 N–H and O–H groups in total. The van der Waals surface area contributed by atoms with Gasteiger partial charge in [0.15, 0.2) is 0 Å². The van der Waals surface area contributed by atoms with Crippen molar-refractivity contribution in [3.05, 3.63) is 41.5 Å². The van der Waals surface area contributed by atoms with Crippen LogP contribution in [-0.2, 0) is 14.4 Å². The molecule has 0 spiro atoms. The average molecular weight is 528 g/mol. The van der Waals surface area contributed by atoms with E-state index in [-0.39, 0.29) is 30.3 Å². The molecule has 0 unspecified atom stereocenters. The number of piperidine rings is 1. The van der Waals surface area contributed by atoms with Crippen molar-refractivity contribution in [2.45, 2.75) is 86.2 Å². The van der Waals surface area contributed by atoms with E-state index >= 15 is 0 Å². The quantitative estimate of drug-likeness (QED) is 0.348. The number of hydrogen-bond acceptors (Lipinski definition) is 5. The predicted octanol–water partition coefficient (Wildman–Crippen LogP) is 4.97. The molecule has 212 valence electrons. The number of anilines is 1. The summed E-state index contributed by atoms with van der Waals surface area (Å²) in [5.74, 6) is -0.482. The van der Waals surface area contributed by atoms with Crippen LogP contribution < -0.4 is 10.6 Å². The monoisotopic (exact) mass is 527 g/mol. The largest absolute Gasteiger partial charge is 0.350 e. The Labute approximate surface area is 230 Å². The van der Waals surface area contributed by atoms with Crippen LogP contribution in [0.5, 0.6) is 0 Å². The Morgan fingerprint density at radius 3 is 2.21 bits per heavy atom. The van der Waals surface area contributed by atoms with Crippen LogP contribution in [0, 0.1) is 17.2 Å². The molecule has 1 heterocycles. The van der Waals surface area contributed by atoms with Gasteiger partial charge in [-0.25, -0.2) is 0 Å². The SMILES string of the molecule is C/C(=C\[C@H](C(C)C)N(C)C(=O)CNC=O)C(=O)Nc1cccc(C#N)c1.CC(C)N1CCCCC1.CCC. The summed E-state index contributed by atoms with van der Waals surface area (Å²) in [5.41, 5.74) is 1.44. The molecule has 1 aliphatic rings. The van der Waals surface area contributed by atoms with Crippen LogP contribution in [0.3, 0.4) is 0 Å². The van der Waals surface area contributed by atoms with Gasteiger partial charge in [0.05, 0.1) is 24.2 Å². The van der Waals surface area contributed by atoms with Gasteiger partial charge in [0.25, 0.3) is 5.91 Å². The fourth-order valence-corrected chi connectivity index (χ4v) is 3.83. The summed E-state index contributed by atoms with van der Waals surface area (Å²) in [5, 5.41) is 14.0. The van der Waals surface area contributed by atoms with Gasteiger partial charge in [0.1, 0.15) is 0 Å². The smallest absolute Gasteiger partial charge is 0.251 e. The van der Waals surface area contributed by atoms with Gasteiger partial charge < -0.3 is 20.4 Å². The number of nitrogens with zero attached hydrogens (tertiary/aromatic N) is 3. The minimum Gasteiger partial charge on any atom is -0.350 e. The minimum atomic E-state index is -0.308. The molecule has 1 aromatic carbocycles. The highest BCUT2D eigenvalue weighted by atomic mass is 16.2. The highest BCUT2D eigenvalue weighted by Gasteiger charge is 2.22. The Bertz CT molecular complexity index is 915. The summed E-state index contributed by atoms with van der Waals surface area (Å²) < 4.78 is 0. The molecule has 1 aliphatic heterocycles. The molecule has 8 heteroatoms. The Balaban J connectivity index is 0.000000938. The first-order chi connectivity index (χ1) is 18.0. The summed E-state index contributed by atoms with van der Waals surface area (Å²) >= 11 is 0. The molecule has 0 aliphatic carbocycles. The molecular weight excluding hydrogens is 478 g/mol. The summed E-state index contributed by atoms with van der Waals surface area (Å²) in [4.78, 5) is 38.9. The molecule has 0 radical (unpaired) electrons. The van der Waals surface area contributed by atoms with Gasteiger partial charge in [-0.3, -0.25) is 14.4 Å². The van der Waals surface area contributed by atoms with Gasteiger partial charge >= 0.3 is 0 Å². The second kappa shape index (κ2) is 19.9. The van der Waals surface area contributed by atoms with Crippen molar-refractivity contribution in [1.29, 1.82) is 5.26 Å². The highest BCUT2D eigenvalue weighted by Crippen LogP contribution is 2.16. The Morgan fingerprint density at radius 2 is 1.74 bits per heavy atom. The second-order valence-corrected chi connectivity index (χ2v) is 10.1. The number of amides is 3. The Kier molecular flexibility index (Phi) is 18.2. The van der Waals surface area contributed by atoms with Crippen molar-refractivity contribution >= 4 is 23.9 Å². The van der Waals surface area contributed by atoms with Crippen LogP contribution >= 0.6 is 0 Å². The summed E-state index contributed by atoms with van der Waals surface area (Å²) in [6, 6.07) is 9.13. The topological polar surface area (TPSA) is 106 Å². The van der Waals surface area contributed by atoms with Gasteiger partial charge in [-0.05, 0) is 70.8 Å². The molecule has 2 rings (SSSR count). The first-order valence-corrected chi connectivity index (χ1v) is 13.7. The number of carbonyl (C=O) groups excluding carboxylic acids is 3. The number of carbonyl (C=O) groups is 3. The molecule has 3 amide bonds. The van der Waals surface area contributed by atoms with E-state index in [1.54, 1.807) is 44.3 Å². The third-order valence-electron chi connectivity index (χ3n) is 6.01. The van der Waals surface area contributed by atoms with E-state index in [1.807, 2.05) is 19.9 Å². The van der Waals surface area contributed by atoms with Crippen LogP contribution in [0.2, 0.25) is 0 Å². The number of likely N-dealkylation sites (N-methyl/N-ethyl adjacent to an activating group) is 1. The molecule has 1 aromatic rings. The number of rotatable bonds is 9. The van der Waals surface area contributed by atoms with Gasteiger partial charge in [-0.1, -0.05) is 52.7 Å². The maximum atomic E-state index is 12.4. The van der Waals surface area contributed by atoms with Crippen molar-refractivity contribution in [2.24, 2.45) is 5.92 Å². The van der Waals surface area contributed by atoms with E-state index in [1.165, 1.54) is 43.7 Å². The van der Waals surface area contributed by atoms with Crippen LogP contribution in [0.1, 0.15) is 79.7 Å². The van der Waals surface area contributed by atoms with Crippen LogP contribution in [0.15, 0.2) is 35.9 Å². The molecule has 1 fully saturated rings. The Hall–Kier alpha value is -3.18. The maximum Gasteiger partial charge on any atom is 0.251 e. The first-order valence-electron chi connectivity index (χ1n) is 13.7. The second-order valence-electron chi connectivity index (χ2n) is 10.1. The number of nitriles is 1. The molecule has 8 nitrogen and oxygen atoms in total. The van der Waals surface area contributed by atoms with Crippen LogP contribution in [0.25, 0.3) is 0 Å². The third-order valence-corrected chi connectivity index (χ3v) is 6.01. The summed E-state index contributed by atoms with van der Waals surface area (Å²) in [7, 11) is 1.64. The normalized spacial score (nSPS) is 14.2. The summed E-state index contributed by atoms with van der Waals surface area (Å²) in [6.07, 6.45) is 7.73. The Morgan fingerprint density at radius 1 is 1.13 bits per heavy atom. The van der Waals surface area contributed by atoms with Gasteiger partial charge in [-0.2, -0.15) is 5.26 Å². The van der Waals surface area contributed by atoms with E-state index in [4.69, 9.17) is 5.26 Å². The lowest BCUT2D eigenvalue weighted by Crippen LogP contribution is -2.43. The zero-order chi connectivity index (χ0) is 29.1. The average Bonchev–Trinajstić information content (AvgIpc) is 2.91. The zero-order valence-corrected chi connectivity index (χ0v) is 24.7. The molecule has 0 aromatic heterocycles. The molecule has 0 saturated carbocycles. The third kappa shape index (κ3) is 13.9. The van der Waals surface area contributed by atoms with Crippen molar-refractivity contribution in [3.8, 4) is 6.07 Å². The highest BCUT2D eigenvalue weighted by molar-refractivity contribution is 6.03. The van der Waals surface area contributed by atoms with Crippen LogP contribution in [-0.4, -0.2) is 66.8 Å². The lowest BCUT2D eigenvalue weighted by atomic mass is 9.99. The number of benzene rings is 1. The predicted molar refractivity (Wildman–Crippen MR) is 156 cm³/mol. The van der Waals surface area contributed by atoms with E-state index in [2.05, 4.69) is 43.2 Å². The molecule has 38 heavy (non-hydrogen) atoms. The maximum absolute atomic E-state index is 12.4. The molecule has 1 atom stereocenters. The van der Waals surface area contributed by atoms with E-state index in [9.17, 15) is 14.4 Å². The molecule has 1 saturated heterocycles. The molecular formula is C30H49N5O3. The van der Waals surface area contributed by atoms with Crippen molar-refractivity contribution < 1.29 is 14.4 Å². The van der Waals surface area contributed by atoms with Crippen molar-refractivity contribution in [1.82, 2.24) is 15.1 Å². The number of likely N-dealkylation sites (tertiary alicyclic amines) is 1. The van der Waals surface area contributed by atoms with Crippen molar-refractivity contribution in [3.63, 3.8) is 0 Å². The lowest BCUT2D eigenvalue weighted by Gasteiger charge is -2.29. The standard InChI is InChI=1S/C19H24N4O3.C8H17N.C3H8/c1-13(2)17(23(4)18(25)11-21-12-24)8-14(3)19(26)22-16-7-5-6-15(9-16)10-20;1-8(2)9-6-4-3-5-7-9;1-3-2/h5-9,12-13,17H,11H2,1-4H3,(H,21,24)(H,22,26);8H,3-7H2,1-2H3;3H2,1-2H3/b14-8+;;/t17-;;/m1../s1. The van der Waals surface area contributed by atoms with Crippen molar-refractivity contribution in [2.75, 3.05) is 32.0 Å². The fourth-order valence-electron chi connectivity index (χ4n) is 3.83. The fraction of sp³-hybridized carbons (Fsp3) is 0.600. The van der Waals surface area contributed by atoms with E-state index in [0.717, 1.165) is 6.04 Å². The summed E-state index contributed by atoms with van der Waals surface area (Å²) in [6.45, 7) is 16.9. The zero-order valence-electron chi connectivity index (χ0n) is 24.7. The van der Waals surface area contributed by atoms with E-state index < -0.39 is 0 Å².